The van der Waals surface area contributed by atoms with Crippen LogP contribution in [0.2, 0.25) is 0 Å². The molecule has 1 amide bonds. The molecule has 0 spiro atoms. The summed E-state index contributed by atoms with van der Waals surface area (Å²) in [5.41, 5.74) is 7.29. The largest absolute Gasteiger partial charge is 0.399 e. The Morgan fingerprint density at radius 3 is 2.76 bits per heavy atom. The average molecular weight is 283 g/mol. The minimum absolute atomic E-state index is 0.158. The number of carbonyl (C=O) groups is 1. The van der Waals surface area contributed by atoms with Crippen molar-refractivity contribution in [2.45, 2.75) is 12.8 Å². The van der Waals surface area contributed by atoms with Gasteiger partial charge in [-0.15, -0.1) is 0 Å². The SMILES string of the molecule is N#Cc1c(F)cccc1NC(=O)CCc1cccc(N)c1. The monoisotopic (exact) mass is 283 g/mol. The van der Waals surface area contributed by atoms with Gasteiger partial charge in [-0.2, -0.15) is 5.26 Å². The van der Waals surface area contributed by atoms with Crippen LogP contribution in [-0.4, -0.2) is 5.91 Å². The topological polar surface area (TPSA) is 78.9 Å². The summed E-state index contributed by atoms with van der Waals surface area (Å²) in [5.74, 6) is -0.925. The van der Waals surface area contributed by atoms with Crippen LogP contribution in [0.4, 0.5) is 15.8 Å². The second-order valence-corrected chi connectivity index (χ2v) is 4.57. The maximum Gasteiger partial charge on any atom is 0.224 e. The van der Waals surface area contributed by atoms with Gasteiger partial charge in [0.25, 0.3) is 0 Å². The first-order valence-corrected chi connectivity index (χ1v) is 6.43. The summed E-state index contributed by atoms with van der Waals surface area (Å²) in [7, 11) is 0. The third-order valence-electron chi connectivity index (χ3n) is 2.99. The van der Waals surface area contributed by atoms with Crippen LogP contribution < -0.4 is 11.1 Å². The first-order chi connectivity index (χ1) is 10.1. The minimum Gasteiger partial charge on any atom is -0.399 e. The van der Waals surface area contributed by atoms with Crippen LogP contribution in [-0.2, 0) is 11.2 Å². The van der Waals surface area contributed by atoms with Gasteiger partial charge < -0.3 is 11.1 Å². The summed E-state index contributed by atoms with van der Waals surface area (Å²) in [5, 5.41) is 11.4. The van der Waals surface area contributed by atoms with Crippen molar-refractivity contribution < 1.29 is 9.18 Å². The smallest absolute Gasteiger partial charge is 0.224 e. The van der Waals surface area contributed by atoms with Gasteiger partial charge in [-0.05, 0) is 36.2 Å². The Morgan fingerprint density at radius 1 is 1.29 bits per heavy atom. The van der Waals surface area contributed by atoms with Crippen molar-refractivity contribution in [2.75, 3.05) is 11.1 Å². The molecule has 3 N–H and O–H groups in total. The molecule has 4 nitrogen and oxygen atoms in total. The van der Waals surface area contributed by atoms with E-state index in [1.165, 1.54) is 18.2 Å². The number of nitrogens with zero attached hydrogens (tertiary/aromatic N) is 1. The summed E-state index contributed by atoms with van der Waals surface area (Å²) < 4.78 is 13.4. The lowest BCUT2D eigenvalue weighted by molar-refractivity contribution is -0.116. The molecule has 106 valence electrons. The van der Waals surface area contributed by atoms with Gasteiger partial charge in [0.15, 0.2) is 0 Å². The highest BCUT2D eigenvalue weighted by Gasteiger charge is 2.10. The Bertz CT molecular complexity index is 707. The molecule has 5 heteroatoms. The molecule has 0 saturated heterocycles. The minimum atomic E-state index is -0.647. The third-order valence-corrected chi connectivity index (χ3v) is 2.99. The average Bonchev–Trinajstić information content (AvgIpc) is 2.45. The van der Waals surface area contributed by atoms with E-state index in [-0.39, 0.29) is 23.6 Å². The first kappa shape index (κ1) is 14.5. The van der Waals surface area contributed by atoms with Crippen molar-refractivity contribution >= 4 is 17.3 Å². The van der Waals surface area contributed by atoms with Crippen molar-refractivity contribution in [2.24, 2.45) is 0 Å². The second kappa shape index (κ2) is 6.53. The van der Waals surface area contributed by atoms with E-state index in [2.05, 4.69) is 5.32 Å². The molecular weight excluding hydrogens is 269 g/mol. The zero-order chi connectivity index (χ0) is 15.2. The van der Waals surface area contributed by atoms with E-state index in [1.807, 2.05) is 12.1 Å². The highest BCUT2D eigenvalue weighted by Crippen LogP contribution is 2.18. The Hall–Kier alpha value is -2.87. The number of benzene rings is 2. The molecule has 0 bridgehead atoms. The summed E-state index contributed by atoms with van der Waals surface area (Å²) in [6, 6.07) is 13.2. The molecule has 0 saturated carbocycles. The quantitative estimate of drug-likeness (QED) is 0.847. The number of hydrogen-bond acceptors (Lipinski definition) is 3. The lowest BCUT2D eigenvalue weighted by atomic mass is 10.1. The molecular formula is C16H14FN3O. The maximum absolute atomic E-state index is 13.4. The second-order valence-electron chi connectivity index (χ2n) is 4.57. The Morgan fingerprint density at radius 2 is 2.05 bits per heavy atom. The van der Waals surface area contributed by atoms with Crippen LogP contribution in [0.3, 0.4) is 0 Å². The molecule has 0 heterocycles. The number of halogens is 1. The number of carbonyl (C=O) groups excluding carboxylic acids is 1. The zero-order valence-corrected chi connectivity index (χ0v) is 11.3. The highest BCUT2D eigenvalue weighted by molar-refractivity contribution is 5.92. The van der Waals surface area contributed by atoms with E-state index in [9.17, 15) is 9.18 Å². The van der Waals surface area contributed by atoms with Gasteiger partial charge in [-0.1, -0.05) is 18.2 Å². The Balaban J connectivity index is 2.00. The molecule has 0 aromatic heterocycles. The predicted octanol–water partition coefficient (Wildman–Crippen LogP) is 2.85. The lowest BCUT2D eigenvalue weighted by Gasteiger charge is -2.07. The van der Waals surface area contributed by atoms with E-state index >= 15 is 0 Å². The molecule has 0 atom stereocenters. The Labute approximate surface area is 122 Å². The predicted molar refractivity (Wildman–Crippen MR) is 78.9 cm³/mol. The van der Waals surface area contributed by atoms with Crippen LogP contribution in [0.1, 0.15) is 17.5 Å². The molecule has 0 unspecified atom stereocenters. The summed E-state index contributed by atoms with van der Waals surface area (Å²) in [6.45, 7) is 0. The van der Waals surface area contributed by atoms with Gasteiger partial charge in [-0.25, -0.2) is 4.39 Å². The maximum atomic E-state index is 13.4. The van der Waals surface area contributed by atoms with Crippen molar-refractivity contribution in [1.29, 1.82) is 5.26 Å². The van der Waals surface area contributed by atoms with Crippen molar-refractivity contribution in [3.8, 4) is 6.07 Å². The molecule has 21 heavy (non-hydrogen) atoms. The number of amides is 1. The fourth-order valence-corrected chi connectivity index (χ4v) is 1.96. The van der Waals surface area contributed by atoms with Gasteiger partial charge in [-0.3, -0.25) is 4.79 Å². The van der Waals surface area contributed by atoms with Gasteiger partial charge >= 0.3 is 0 Å². The number of nitrogens with one attached hydrogen (secondary N) is 1. The number of hydrogen-bond donors (Lipinski definition) is 2. The van der Waals surface area contributed by atoms with Crippen molar-refractivity contribution in [3.05, 3.63) is 59.4 Å². The highest BCUT2D eigenvalue weighted by atomic mass is 19.1. The summed E-state index contributed by atoms with van der Waals surface area (Å²) in [6.07, 6.45) is 0.749. The molecule has 0 aliphatic heterocycles. The van der Waals surface area contributed by atoms with Crippen LogP contribution >= 0.6 is 0 Å². The van der Waals surface area contributed by atoms with Gasteiger partial charge in [0, 0.05) is 12.1 Å². The van der Waals surface area contributed by atoms with E-state index < -0.39 is 5.82 Å². The van der Waals surface area contributed by atoms with Crippen molar-refractivity contribution in [3.63, 3.8) is 0 Å². The van der Waals surface area contributed by atoms with Crippen LogP contribution in [0.5, 0.6) is 0 Å². The van der Waals surface area contributed by atoms with Crippen LogP contribution in [0, 0.1) is 17.1 Å². The zero-order valence-electron chi connectivity index (χ0n) is 11.3. The number of nitriles is 1. The van der Waals surface area contributed by atoms with Crippen molar-refractivity contribution in [1.82, 2.24) is 0 Å². The molecule has 0 aliphatic carbocycles. The lowest BCUT2D eigenvalue weighted by Crippen LogP contribution is -2.13. The van der Waals surface area contributed by atoms with E-state index in [0.717, 1.165) is 5.56 Å². The summed E-state index contributed by atoms with van der Waals surface area (Å²) in [4.78, 5) is 11.9. The number of rotatable bonds is 4. The van der Waals surface area contributed by atoms with E-state index in [4.69, 9.17) is 11.0 Å². The fourth-order valence-electron chi connectivity index (χ4n) is 1.96. The number of anilines is 2. The Kier molecular flexibility index (Phi) is 4.52. The van der Waals surface area contributed by atoms with E-state index in [0.29, 0.717) is 12.1 Å². The summed E-state index contributed by atoms with van der Waals surface area (Å²) >= 11 is 0. The van der Waals surface area contributed by atoms with E-state index in [1.54, 1.807) is 18.2 Å². The van der Waals surface area contributed by atoms with Crippen LogP contribution in [0.15, 0.2) is 42.5 Å². The van der Waals surface area contributed by atoms with Gasteiger partial charge in [0.2, 0.25) is 5.91 Å². The number of aryl methyl sites for hydroxylation is 1. The molecule has 0 aliphatic rings. The standard InChI is InChI=1S/C16H14FN3O/c17-14-5-2-6-15(13(14)10-18)20-16(21)8-7-11-3-1-4-12(19)9-11/h1-6,9H,7-8,19H2,(H,20,21). The number of nitrogen functional groups attached to an aromatic ring is 1. The molecule has 2 rings (SSSR count). The molecule has 0 radical (unpaired) electrons. The third kappa shape index (κ3) is 3.80. The van der Waals surface area contributed by atoms with Gasteiger partial charge in [0.05, 0.1) is 5.69 Å². The first-order valence-electron chi connectivity index (χ1n) is 6.43. The number of nitrogens with two attached hydrogens (primary N) is 1. The fraction of sp³-hybridized carbons (Fsp3) is 0.125. The molecule has 0 fully saturated rings. The molecule has 2 aromatic carbocycles. The van der Waals surface area contributed by atoms with Crippen LogP contribution in [0.25, 0.3) is 0 Å². The van der Waals surface area contributed by atoms with Gasteiger partial charge in [0.1, 0.15) is 17.4 Å². The molecule has 2 aromatic rings. The normalized spacial score (nSPS) is 9.90.